The van der Waals surface area contributed by atoms with Crippen molar-refractivity contribution in [2.24, 2.45) is 11.7 Å². The lowest BCUT2D eigenvalue weighted by atomic mass is 9.89. The minimum Gasteiger partial charge on any atom is -0.388 e. The molecule has 0 bridgehead atoms. The Kier molecular flexibility index (Phi) is 3.74. The molecule has 3 N–H and O–H groups in total. The van der Waals surface area contributed by atoms with Crippen LogP contribution in [0.15, 0.2) is 42.5 Å². The number of fused-ring (bicyclic) bond motifs is 1. The fourth-order valence-corrected chi connectivity index (χ4v) is 3.47. The maximum absolute atomic E-state index is 10.5. The molecule has 0 aromatic heterocycles. The van der Waals surface area contributed by atoms with Crippen LogP contribution in [0.1, 0.15) is 28.8 Å². The normalized spacial score (nSPS) is 22.6. The zero-order valence-corrected chi connectivity index (χ0v) is 12.3. The van der Waals surface area contributed by atoms with E-state index in [-0.39, 0.29) is 12.0 Å². The highest BCUT2D eigenvalue weighted by molar-refractivity contribution is 6.35. The maximum atomic E-state index is 10.5. The van der Waals surface area contributed by atoms with E-state index in [2.05, 4.69) is 0 Å². The summed E-state index contributed by atoms with van der Waals surface area (Å²) in [5.74, 6) is -0.0638. The molecule has 0 radical (unpaired) electrons. The van der Waals surface area contributed by atoms with Gasteiger partial charge in [0.2, 0.25) is 0 Å². The predicted molar refractivity (Wildman–Crippen MR) is 82.0 cm³/mol. The molecular weight excluding hydrogens is 293 g/mol. The van der Waals surface area contributed by atoms with Crippen LogP contribution in [0.2, 0.25) is 10.0 Å². The highest BCUT2D eigenvalue weighted by Crippen LogP contribution is 2.43. The average molecular weight is 308 g/mol. The van der Waals surface area contributed by atoms with Gasteiger partial charge in [-0.25, -0.2) is 0 Å². The summed E-state index contributed by atoms with van der Waals surface area (Å²) in [6.07, 6.45) is 0.213. The third-order valence-electron chi connectivity index (χ3n) is 4.02. The van der Waals surface area contributed by atoms with Crippen LogP contribution in [0.25, 0.3) is 0 Å². The summed E-state index contributed by atoms with van der Waals surface area (Å²) in [7, 11) is 0. The standard InChI is InChI=1S/C16H15Cl2NO/c17-10-5-6-12(14(18)8-10)15(19)13-7-9-3-1-2-4-11(9)16(13)20/h1-6,8,13,15-16,20H,7,19H2/t13-,15+,16+/m0/s1. The molecule has 0 heterocycles. The largest absolute Gasteiger partial charge is 0.388 e. The lowest BCUT2D eigenvalue weighted by molar-refractivity contribution is 0.108. The molecular formula is C16H15Cl2NO. The molecule has 2 aromatic carbocycles. The monoisotopic (exact) mass is 307 g/mol. The van der Waals surface area contributed by atoms with E-state index in [0.717, 1.165) is 23.1 Å². The Morgan fingerprint density at radius 3 is 2.60 bits per heavy atom. The average Bonchev–Trinajstić information content (AvgIpc) is 2.76. The van der Waals surface area contributed by atoms with E-state index in [4.69, 9.17) is 28.9 Å². The highest BCUT2D eigenvalue weighted by Gasteiger charge is 2.35. The van der Waals surface area contributed by atoms with Crippen LogP contribution < -0.4 is 5.73 Å². The van der Waals surface area contributed by atoms with Gasteiger partial charge in [-0.2, -0.15) is 0 Å². The van der Waals surface area contributed by atoms with Crippen molar-refractivity contribution >= 4 is 23.2 Å². The van der Waals surface area contributed by atoms with Gasteiger partial charge in [0, 0.05) is 22.0 Å². The number of benzene rings is 2. The van der Waals surface area contributed by atoms with Gasteiger partial charge in [0.15, 0.2) is 0 Å². The molecule has 2 nitrogen and oxygen atoms in total. The summed E-state index contributed by atoms with van der Waals surface area (Å²) in [4.78, 5) is 0. The molecule has 0 spiro atoms. The second kappa shape index (κ2) is 5.38. The molecule has 0 amide bonds. The van der Waals surface area contributed by atoms with Crippen molar-refractivity contribution < 1.29 is 5.11 Å². The number of rotatable bonds is 2. The number of nitrogens with two attached hydrogens (primary N) is 1. The van der Waals surface area contributed by atoms with Crippen LogP contribution in [0.3, 0.4) is 0 Å². The van der Waals surface area contributed by atoms with E-state index < -0.39 is 6.10 Å². The van der Waals surface area contributed by atoms with E-state index in [9.17, 15) is 5.11 Å². The number of aliphatic hydroxyl groups is 1. The summed E-state index contributed by atoms with van der Waals surface area (Å²) in [6, 6.07) is 12.9. The minimum absolute atomic E-state index is 0.0638. The lowest BCUT2D eigenvalue weighted by Crippen LogP contribution is -2.25. The molecule has 0 fully saturated rings. The van der Waals surface area contributed by atoms with Gasteiger partial charge in [-0.3, -0.25) is 0 Å². The quantitative estimate of drug-likeness (QED) is 0.884. The molecule has 0 unspecified atom stereocenters. The molecule has 4 heteroatoms. The number of hydrogen-bond donors (Lipinski definition) is 2. The summed E-state index contributed by atoms with van der Waals surface area (Å²) in [6.45, 7) is 0. The van der Waals surface area contributed by atoms with Crippen LogP contribution in [0.5, 0.6) is 0 Å². The summed E-state index contributed by atoms with van der Waals surface area (Å²) in [5, 5.41) is 11.6. The van der Waals surface area contributed by atoms with E-state index in [1.54, 1.807) is 12.1 Å². The third kappa shape index (κ3) is 2.33. The number of aliphatic hydroxyl groups excluding tert-OH is 1. The number of halogens is 2. The Morgan fingerprint density at radius 2 is 1.90 bits per heavy atom. The molecule has 0 saturated heterocycles. The Morgan fingerprint density at radius 1 is 1.15 bits per heavy atom. The molecule has 0 saturated carbocycles. The van der Waals surface area contributed by atoms with Gasteiger partial charge in [-0.05, 0) is 35.2 Å². The summed E-state index contributed by atoms with van der Waals surface area (Å²) in [5.41, 5.74) is 9.29. The SMILES string of the molecule is N[C@H](c1ccc(Cl)cc1Cl)[C@@H]1Cc2ccccc2[C@H]1O. The third-order valence-corrected chi connectivity index (χ3v) is 4.58. The molecule has 104 valence electrons. The van der Waals surface area contributed by atoms with Gasteiger partial charge < -0.3 is 10.8 Å². The molecule has 1 aliphatic rings. The van der Waals surface area contributed by atoms with E-state index >= 15 is 0 Å². The highest BCUT2D eigenvalue weighted by atomic mass is 35.5. The fourth-order valence-electron chi connectivity index (χ4n) is 2.93. The Bertz CT molecular complexity index is 644. The molecule has 1 aliphatic carbocycles. The van der Waals surface area contributed by atoms with Crippen LogP contribution in [-0.2, 0) is 6.42 Å². The lowest BCUT2D eigenvalue weighted by Gasteiger charge is -2.24. The van der Waals surface area contributed by atoms with Gasteiger partial charge in [0.1, 0.15) is 0 Å². The van der Waals surface area contributed by atoms with Crippen molar-refractivity contribution in [2.75, 3.05) is 0 Å². The van der Waals surface area contributed by atoms with Gasteiger partial charge in [-0.15, -0.1) is 0 Å². The second-order valence-corrected chi connectivity index (χ2v) is 6.05. The van der Waals surface area contributed by atoms with E-state index in [0.29, 0.717) is 10.0 Å². The minimum atomic E-state index is -0.548. The van der Waals surface area contributed by atoms with Crippen LogP contribution >= 0.6 is 23.2 Å². The van der Waals surface area contributed by atoms with Crippen LogP contribution in [0, 0.1) is 5.92 Å². The molecule has 3 atom stereocenters. The van der Waals surface area contributed by atoms with Crippen molar-refractivity contribution in [3.63, 3.8) is 0 Å². The van der Waals surface area contributed by atoms with E-state index in [1.165, 1.54) is 0 Å². The maximum Gasteiger partial charge on any atom is 0.0842 e. The van der Waals surface area contributed by atoms with E-state index in [1.807, 2.05) is 30.3 Å². The molecule has 20 heavy (non-hydrogen) atoms. The van der Waals surface area contributed by atoms with Gasteiger partial charge in [-0.1, -0.05) is 53.5 Å². The first-order valence-corrected chi connectivity index (χ1v) is 7.30. The van der Waals surface area contributed by atoms with Gasteiger partial charge in [0.05, 0.1) is 6.10 Å². The number of hydrogen-bond acceptors (Lipinski definition) is 2. The Hall–Kier alpha value is -1.06. The zero-order chi connectivity index (χ0) is 14.3. The zero-order valence-electron chi connectivity index (χ0n) is 10.8. The second-order valence-electron chi connectivity index (χ2n) is 5.20. The molecule has 2 aromatic rings. The first-order valence-electron chi connectivity index (χ1n) is 6.54. The van der Waals surface area contributed by atoms with Crippen molar-refractivity contribution in [3.05, 3.63) is 69.2 Å². The van der Waals surface area contributed by atoms with Crippen LogP contribution in [0.4, 0.5) is 0 Å². The first-order chi connectivity index (χ1) is 9.58. The van der Waals surface area contributed by atoms with Gasteiger partial charge >= 0.3 is 0 Å². The van der Waals surface area contributed by atoms with Crippen molar-refractivity contribution in [3.8, 4) is 0 Å². The summed E-state index contributed by atoms with van der Waals surface area (Å²) < 4.78 is 0. The fraction of sp³-hybridized carbons (Fsp3) is 0.250. The van der Waals surface area contributed by atoms with Crippen molar-refractivity contribution in [2.45, 2.75) is 18.6 Å². The van der Waals surface area contributed by atoms with Crippen molar-refractivity contribution in [1.82, 2.24) is 0 Å². The molecule has 0 aliphatic heterocycles. The van der Waals surface area contributed by atoms with Gasteiger partial charge in [0.25, 0.3) is 0 Å². The smallest absolute Gasteiger partial charge is 0.0842 e. The molecule has 3 rings (SSSR count). The van der Waals surface area contributed by atoms with Crippen LogP contribution in [-0.4, -0.2) is 5.11 Å². The summed E-state index contributed by atoms with van der Waals surface area (Å²) >= 11 is 12.1. The van der Waals surface area contributed by atoms with Crippen molar-refractivity contribution in [1.29, 1.82) is 0 Å². The first kappa shape index (κ1) is 13.9. The Labute approximate surface area is 128 Å². The predicted octanol–water partition coefficient (Wildman–Crippen LogP) is 3.90. The Balaban J connectivity index is 1.91. The topological polar surface area (TPSA) is 46.2 Å².